The highest BCUT2D eigenvalue weighted by molar-refractivity contribution is 5.94. The summed E-state index contributed by atoms with van der Waals surface area (Å²) in [5, 5.41) is 8.70. The molecule has 0 radical (unpaired) electrons. The summed E-state index contributed by atoms with van der Waals surface area (Å²) in [5.74, 6) is -0.312. The molecule has 0 aromatic heterocycles. The molecule has 2 bridgehead atoms. The van der Waals surface area contributed by atoms with Gasteiger partial charge in [-0.3, -0.25) is 19.3 Å². The van der Waals surface area contributed by atoms with Crippen LogP contribution in [-0.2, 0) is 14.4 Å². The van der Waals surface area contributed by atoms with E-state index in [9.17, 15) is 14.4 Å². The van der Waals surface area contributed by atoms with E-state index in [1.165, 1.54) is 0 Å². The Morgan fingerprint density at radius 1 is 1.06 bits per heavy atom. The molecule has 8 nitrogen and oxygen atoms in total. The number of carbonyl (C=O) groups excluding carboxylic acids is 3. The lowest BCUT2D eigenvalue weighted by molar-refractivity contribution is -0.136. The molecule has 8 heteroatoms. The van der Waals surface area contributed by atoms with Crippen LogP contribution in [0.2, 0.25) is 0 Å². The molecule has 3 amide bonds. The first-order valence-electron chi connectivity index (χ1n) is 12.9. The van der Waals surface area contributed by atoms with Crippen molar-refractivity contribution in [1.82, 2.24) is 20.9 Å². The molecule has 1 aromatic rings. The first-order valence-corrected chi connectivity index (χ1v) is 12.9. The molecular formula is C28H44N4O4. The number of nitrogens with zero attached hydrogens (tertiary/aromatic N) is 1. The molecule has 0 saturated heterocycles. The smallest absolute Gasteiger partial charge is 0.247 e. The van der Waals surface area contributed by atoms with E-state index in [0.717, 1.165) is 5.56 Å². The Hall–Kier alpha value is -2.87. The quantitative estimate of drug-likeness (QED) is 0.509. The minimum Gasteiger partial charge on any atom is -0.487 e. The molecule has 5 atom stereocenters. The highest BCUT2D eigenvalue weighted by Crippen LogP contribution is 2.21. The third-order valence-electron chi connectivity index (χ3n) is 6.63. The number of benzene rings is 1. The molecule has 0 fully saturated rings. The van der Waals surface area contributed by atoms with Gasteiger partial charge in [-0.15, -0.1) is 0 Å². The lowest BCUT2D eigenvalue weighted by atomic mass is 9.94. The van der Waals surface area contributed by atoms with Crippen LogP contribution in [0.15, 0.2) is 30.5 Å². The molecule has 36 heavy (non-hydrogen) atoms. The van der Waals surface area contributed by atoms with Crippen molar-refractivity contribution < 1.29 is 19.1 Å². The van der Waals surface area contributed by atoms with Crippen LogP contribution >= 0.6 is 0 Å². The van der Waals surface area contributed by atoms with Crippen LogP contribution < -0.4 is 20.7 Å². The largest absolute Gasteiger partial charge is 0.487 e. The maximum absolute atomic E-state index is 13.8. The van der Waals surface area contributed by atoms with Gasteiger partial charge in [0.25, 0.3) is 0 Å². The van der Waals surface area contributed by atoms with Crippen molar-refractivity contribution in [3.8, 4) is 5.75 Å². The number of hydrogen-bond acceptors (Lipinski definition) is 5. The predicted molar refractivity (Wildman–Crippen MR) is 143 cm³/mol. The van der Waals surface area contributed by atoms with Crippen LogP contribution in [-0.4, -0.2) is 60.9 Å². The predicted octanol–water partition coefficient (Wildman–Crippen LogP) is 3.18. The number of carbonyl (C=O) groups is 3. The molecule has 2 aliphatic heterocycles. The number of hydrogen-bond donors (Lipinski definition) is 3. The number of amides is 3. The zero-order valence-corrected chi connectivity index (χ0v) is 23.0. The molecule has 0 spiro atoms. The fourth-order valence-electron chi connectivity index (χ4n) is 4.20. The Morgan fingerprint density at radius 2 is 1.69 bits per heavy atom. The number of nitrogens with one attached hydrogen (secondary N) is 3. The lowest BCUT2D eigenvalue weighted by Gasteiger charge is -2.34. The second-order valence-electron chi connectivity index (χ2n) is 10.7. The summed E-state index contributed by atoms with van der Waals surface area (Å²) in [5.41, 5.74) is 0.900. The Bertz CT molecular complexity index is 911. The summed E-state index contributed by atoms with van der Waals surface area (Å²) in [6.45, 7) is 11.9. The van der Waals surface area contributed by atoms with Crippen molar-refractivity contribution in [2.75, 3.05) is 14.1 Å². The minimum absolute atomic E-state index is 0.104. The van der Waals surface area contributed by atoms with E-state index in [0.29, 0.717) is 24.5 Å². The van der Waals surface area contributed by atoms with Gasteiger partial charge in [-0.2, -0.15) is 0 Å². The SMILES string of the molecule is CC[C@H](C)[C@@H]1NC(=O)[C@H](NC(=O)[C@H](CC(C)C)N(C)C)[C@H](C(C)C)Oc2ccc(cc2)C=CNC1=O. The van der Waals surface area contributed by atoms with Gasteiger partial charge < -0.3 is 20.7 Å². The summed E-state index contributed by atoms with van der Waals surface area (Å²) in [6, 6.07) is 5.24. The van der Waals surface area contributed by atoms with Gasteiger partial charge in [-0.25, -0.2) is 0 Å². The van der Waals surface area contributed by atoms with E-state index in [2.05, 4.69) is 29.8 Å². The van der Waals surface area contributed by atoms with Crippen molar-refractivity contribution in [2.24, 2.45) is 17.8 Å². The summed E-state index contributed by atoms with van der Waals surface area (Å²) in [6.07, 6.45) is 4.06. The molecule has 0 aliphatic carbocycles. The zero-order chi connectivity index (χ0) is 27.0. The number of fused-ring (bicyclic) bond motifs is 10. The molecule has 1 aromatic carbocycles. The topological polar surface area (TPSA) is 99.8 Å². The third-order valence-corrected chi connectivity index (χ3v) is 6.63. The average molecular weight is 501 g/mol. The number of rotatable bonds is 8. The molecule has 0 saturated carbocycles. The highest BCUT2D eigenvalue weighted by atomic mass is 16.5. The van der Waals surface area contributed by atoms with Gasteiger partial charge in [0.05, 0.1) is 6.04 Å². The van der Waals surface area contributed by atoms with E-state index >= 15 is 0 Å². The fourth-order valence-corrected chi connectivity index (χ4v) is 4.20. The van der Waals surface area contributed by atoms with E-state index in [1.54, 1.807) is 12.3 Å². The van der Waals surface area contributed by atoms with E-state index in [4.69, 9.17) is 4.74 Å². The number of likely N-dealkylation sites (N-methyl/N-ethyl adjacent to an activating group) is 1. The summed E-state index contributed by atoms with van der Waals surface area (Å²) >= 11 is 0. The standard InChI is InChI=1S/C28H44N4O4/c1-9-19(6)23-27(34)29-15-14-20-10-12-21(13-11-20)36-25(18(4)5)24(28(35)30-23)31-26(33)22(32(7)8)16-17(2)3/h10-15,17-19,22-25H,9,16H2,1-8H3,(H,29,34)(H,30,35)(H,31,33)/t19-,22-,23-,24+,25-/m0/s1. The first-order chi connectivity index (χ1) is 16.9. The van der Waals surface area contributed by atoms with Crippen LogP contribution in [0.25, 0.3) is 6.08 Å². The summed E-state index contributed by atoms with van der Waals surface area (Å²) in [4.78, 5) is 42.1. The molecule has 200 valence electrons. The van der Waals surface area contributed by atoms with Gasteiger partial charge in [-0.1, -0.05) is 60.1 Å². The highest BCUT2D eigenvalue weighted by Gasteiger charge is 2.38. The van der Waals surface area contributed by atoms with Crippen LogP contribution in [0.3, 0.4) is 0 Å². The Morgan fingerprint density at radius 3 is 2.22 bits per heavy atom. The van der Waals surface area contributed by atoms with Gasteiger partial charge in [0.15, 0.2) is 0 Å². The second kappa shape index (κ2) is 13.4. The molecule has 3 rings (SSSR count). The Labute approximate surface area is 216 Å². The molecule has 3 N–H and O–H groups in total. The van der Waals surface area contributed by atoms with Gasteiger partial charge in [0.2, 0.25) is 17.7 Å². The van der Waals surface area contributed by atoms with Crippen LogP contribution in [0, 0.1) is 17.8 Å². The van der Waals surface area contributed by atoms with Gasteiger partial charge in [0.1, 0.15) is 23.9 Å². The van der Waals surface area contributed by atoms with Crippen molar-refractivity contribution in [3.05, 3.63) is 36.0 Å². The van der Waals surface area contributed by atoms with Crippen molar-refractivity contribution in [1.29, 1.82) is 0 Å². The third kappa shape index (κ3) is 8.08. The molecule has 2 heterocycles. The maximum Gasteiger partial charge on any atom is 0.247 e. The first kappa shape index (κ1) is 29.4. The average Bonchev–Trinajstić information content (AvgIpc) is 2.82. The maximum atomic E-state index is 13.8. The Kier molecular flexibility index (Phi) is 11.0. The summed E-state index contributed by atoms with van der Waals surface area (Å²) < 4.78 is 6.31. The van der Waals surface area contributed by atoms with E-state index < -0.39 is 30.1 Å². The van der Waals surface area contributed by atoms with E-state index in [-0.39, 0.29) is 23.7 Å². The van der Waals surface area contributed by atoms with Gasteiger partial charge in [-0.05, 0) is 62.0 Å². The van der Waals surface area contributed by atoms with Crippen LogP contribution in [0.4, 0.5) is 0 Å². The van der Waals surface area contributed by atoms with Crippen LogP contribution in [0.1, 0.15) is 59.9 Å². The monoisotopic (exact) mass is 500 g/mol. The second-order valence-corrected chi connectivity index (χ2v) is 10.7. The summed E-state index contributed by atoms with van der Waals surface area (Å²) in [7, 11) is 3.71. The van der Waals surface area contributed by atoms with E-state index in [1.807, 2.05) is 71.0 Å². The minimum atomic E-state index is -0.996. The van der Waals surface area contributed by atoms with Gasteiger partial charge >= 0.3 is 0 Å². The van der Waals surface area contributed by atoms with Crippen LogP contribution in [0.5, 0.6) is 5.75 Å². The zero-order valence-electron chi connectivity index (χ0n) is 23.0. The van der Waals surface area contributed by atoms with Crippen molar-refractivity contribution >= 4 is 23.8 Å². The number of ether oxygens (including phenoxy) is 1. The van der Waals surface area contributed by atoms with Crippen molar-refractivity contribution in [3.63, 3.8) is 0 Å². The molecule has 2 aliphatic rings. The lowest BCUT2D eigenvalue weighted by Crippen LogP contribution is -2.62. The Balaban J connectivity index is 2.52. The fraction of sp³-hybridized carbons (Fsp3) is 0.607. The van der Waals surface area contributed by atoms with Crippen molar-refractivity contribution in [2.45, 2.75) is 78.6 Å². The molecular weight excluding hydrogens is 456 g/mol. The normalized spacial score (nSPS) is 22.6. The molecule has 0 unspecified atom stereocenters. The van der Waals surface area contributed by atoms with Gasteiger partial charge in [0, 0.05) is 6.20 Å².